The maximum atomic E-state index is 14.9. The summed E-state index contributed by atoms with van der Waals surface area (Å²) in [6.07, 6.45) is 0. The molecule has 1 aliphatic rings. The van der Waals surface area contributed by atoms with Crippen molar-refractivity contribution in [1.29, 1.82) is 0 Å². The summed E-state index contributed by atoms with van der Waals surface area (Å²) in [5, 5.41) is 16.0. The van der Waals surface area contributed by atoms with Gasteiger partial charge in [0.15, 0.2) is 0 Å². The second-order valence-electron chi connectivity index (χ2n) is 9.61. The molecule has 16 heteroatoms. The molecule has 0 atom stereocenters. The minimum atomic E-state index is -5.66. The van der Waals surface area contributed by atoms with E-state index in [0.717, 1.165) is 0 Å². The second kappa shape index (κ2) is 12.0. The first kappa shape index (κ1) is 31.7. The van der Waals surface area contributed by atoms with Crippen LogP contribution in [0.4, 0.5) is 71.8 Å². The average molecular weight is 661 g/mol. The van der Waals surface area contributed by atoms with Crippen LogP contribution >= 0.6 is 23.5 Å². The minimum Gasteiger partial charge on any atom is -0.399 e. The Balaban J connectivity index is 1.38. The molecule has 0 heterocycles. The first-order chi connectivity index (χ1) is 21.2. The van der Waals surface area contributed by atoms with Gasteiger partial charge in [0.2, 0.25) is 0 Å². The third kappa shape index (κ3) is 6.28. The van der Waals surface area contributed by atoms with Gasteiger partial charge in [0, 0.05) is 21.2 Å². The van der Waals surface area contributed by atoms with Crippen LogP contribution in [0.5, 0.6) is 0 Å². The smallest absolute Gasteiger partial charge is 0.381 e. The summed E-state index contributed by atoms with van der Waals surface area (Å²) in [6.45, 7) is 0. The Bertz CT molecular complexity index is 1700. The van der Waals surface area contributed by atoms with E-state index >= 15 is 0 Å². The number of azo groups is 2. The zero-order valence-corrected chi connectivity index (χ0v) is 24.4. The topological polar surface area (TPSA) is 154 Å². The number of benzene rings is 4. The number of halogens is 6. The highest BCUT2D eigenvalue weighted by Crippen LogP contribution is 2.66. The van der Waals surface area contributed by atoms with Gasteiger partial charge in [-0.05, 0) is 84.9 Å². The van der Waals surface area contributed by atoms with Crippen LogP contribution in [0.15, 0.2) is 125 Å². The minimum absolute atomic E-state index is 0.0000701. The normalized spacial score (nSPS) is 17.0. The number of rotatable bonds is 8. The fourth-order valence-electron chi connectivity index (χ4n) is 3.94. The second-order valence-corrected chi connectivity index (χ2v) is 11.8. The van der Waals surface area contributed by atoms with Gasteiger partial charge in [-0.3, -0.25) is 0 Å². The predicted octanol–water partition coefficient (Wildman–Crippen LogP) is 9.86. The lowest BCUT2D eigenvalue weighted by Crippen LogP contribution is -2.48. The summed E-state index contributed by atoms with van der Waals surface area (Å²) in [7, 11) is 0. The fraction of sp³-hybridized carbons (Fsp3) is 0.103. The molecule has 8 N–H and O–H groups in total. The van der Waals surface area contributed by atoms with Gasteiger partial charge in [-0.2, -0.15) is 36.6 Å². The third-order valence-electron chi connectivity index (χ3n) is 6.33. The van der Waals surface area contributed by atoms with Crippen molar-refractivity contribution in [3.8, 4) is 0 Å². The van der Waals surface area contributed by atoms with Gasteiger partial charge in [0.25, 0.3) is 0 Å². The Morgan fingerprint density at radius 2 is 0.822 bits per heavy atom. The van der Waals surface area contributed by atoms with Crippen LogP contribution in [-0.2, 0) is 0 Å². The van der Waals surface area contributed by atoms with Crippen LogP contribution in [-0.4, -0.2) is 17.8 Å². The van der Waals surface area contributed by atoms with E-state index in [1.54, 1.807) is 24.3 Å². The van der Waals surface area contributed by atoms with Crippen molar-refractivity contribution in [2.75, 3.05) is 22.9 Å². The van der Waals surface area contributed by atoms with Gasteiger partial charge in [-0.25, -0.2) is 0 Å². The molecule has 0 fully saturated rings. The molecule has 0 amide bonds. The molecule has 0 radical (unpaired) electrons. The van der Waals surface area contributed by atoms with Crippen molar-refractivity contribution in [3.05, 3.63) is 94.7 Å². The molecule has 0 aromatic heterocycles. The number of hydrogen-bond acceptors (Lipinski definition) is 10. The maximum absolute atomic E-state index is 14.9. The predicted molar refractivity (Wildman–Crippen MR) is 165 cm³/mol. The Morgan fingerprint density at radius 3 is 1.16 bits per heavy atom. The Hall–Kier alpha value is -4.70. The molecule has 0 spiro atoms. The van der Waals surface area contributed by atoms with E-state index in [9.17, 15) is 26.3 Å². The van der Waals surface area contributed by atoms with Gasteiger partial charge in [0.1, 0.15) is 11.4 Å². The summed E-state index contributed by atoms with van der Waals surface area (Å²) >= 11 is 0.234. The van der Waals surface area contributed by atoms with E-state index in [0.29, 0.717) is 22.7 Å². The Kier molecular flexibility index (Phi) is 8.46. The molecule has 0 saturated heterocycles. The monoisotopic (exact) mass is 660 g/mol. The zero-order valence-electron chi connectivity index (χ0n) is 22.8. The number of anilines is 4. The molecule has 4 aromatic rings. The highest BCUT2D eigenvalue weighted by atomic mass is 32.2. The number of alkyl halides is 6. The van der Waals surface area contributed by atoms with E-state index in [-0.39, 0.29) is 56.1 Å². The molecular weight excluding hydrogens is 638 g/mol. The molecule has 0 saturated carbocycles. The zero-order chi connectivity index (χ0) is 32.6. The summed E-state index contributed by atoms with van der Waals surface area (Å²) in [5.41, 5.74) is 25.6. The van der Waals surface area contributed by atoms with Crippen LogP contribution in [0.1, 0.15) is 0 Å². The molecule has 8 nitrogen and oxygen atoms in total. The van der Waals surface area contributed by atoms with E-state index < -0.39 is 27.6 Å². The standard InChI is InChI=1S/C29H22F6N8S2/c30-27(31)25(44-19-7-3-17(4-8-19)40-42-23-11-1-15(36)13-21(23)38)26(28(32,33)29(27,34)35)45-20-9-5-18(6-10-20)41-43-24-12-2-16(37)14-22(24)39/h1-14H,36-39H2. The lowest BCUT2D eigenvalue weighted by Gasteiger charge is -2.25. The number of allylic oxidation sites excluding steroid dienone is 2. The fourth-order valence-corrected chi connectivity index (χ4v) is 6.16. The van der Waals surface area contributed by atoms with Crippen LogP contribution in [0.2, 0.25) is 0 Å². The first-order valence-corrected chi connectivity index (χ1v) is 14.4. The van der Waals surface area contributed by atoms with E-state index in [2.05, 4.69) is 20.5 Å². The van der Waals surface area contributed by atoms with Crippen LogP contribution < -0.4 is 22.9 Å². The Labute approximate surface area is 260 Å². The summed E-state index contributed by atoms with van der Waals surface area (Å²) in [6, 6.07) is 19.8. The quantitative estimate of drug-likeness (QED) is 0.0838. The van der Waals surface area contributed by atoms with E-state index in [4.69, 9.17) is 22.9 Å². The van der Waals surface area contributed by atoms with E-state index in [1.807, 2.05) is 0 Å². The van der Waals surface area contributed by atoms with E-state index in [1.165, 1.54) is 60.7 Å². The summed E-state index contributed by atoms with van der Waals surface area (Å²) in [4.78, 5) is -2.93. The average Bonchev–Trinajstić information content (AvgIpc) is 3.07. The number of nitrogen functional groups attached to an aromatic ring is 4. The van der Waals surface area contributed by atoms with Crippen LogP contribution in [0.25, 0.3) is 0 Å². The van der Waals surface area contributed by atoms with Gasteiger partial charge in [0.05, 0.1) is 32.6 Å². The van der Waals surface area contributed by atoms with Crippen molar-refractivity contribution < 1.29 is 26.3 Å². The van der Waals surface area contributed by atoms with Gasteiger partial charge in [-0.1, -0.05) is 23.5 Å². The third-order valence-corrected chi connectivity index (χ3v) is 8.80. The molecule has 1 aliphatic carbocycles. The van der Waals surface area contributed by atoms with Crippen molar-refractivity contribution in [2.45, 2.75) is 27.6 Å². The highest BCUT2D eigenvalue weighted by Gasteiger charge is 2.80. The molecular formula is C29H22F6N8S2. The largest absolute Gasteiger partial charge is 0.399 e. The Morgan fingerprint density at radius 1 is 0.467 bits per heavy atom. The van der Waals surface area contributed by atoms with Crippen molar-refractivity contribution in [2.24, 2.45) is 20.5 Å². The van der Waals surface area contributed by atoms with Crippen LogP contribution in [0.3, 0.4) is 0 Å². The summed E-state index contributed by atoms with van der Waals surface area (Å²) in [5.74, 6) is -16.0. The lowest BCUT2D eigenvalue weighted by molar-refractivity contribution is -0.261. The first-order valence-electron chi connectivity index (χ1n) is 12.8. The number of nitrogens with two attached hydrogens (primary N) is 4. The lowest BCUT2D eigenvalue weighted by atomic mass is 10.2. The number of thioether (sulfide) groups is 2. The van der Waals surface area contributed by atoms with Gasteiger partial charge < -0.3 is 22.9 Å². The molecule has 5 rings (SSSR count). The summed E-state index contributed by atoms with van der Waals surface area (Å²) < 4.78 is 88.8. The molecule has 0 bridgehead atoms. The molecule has 0 aliphatic heterocycles. The molecule has 232 valence electrons. The van der Waals surface area contributed by atoms with Gasteiger partial charge >= 0.3 is 17.8 Å². The molecule has 4 aromatic carbocycles. The highest BCUT2D eigenvalue weighted by molar-refractivity contribution is 8.07. The molecule has 0 unspecified atom stereocenters. The van der Waals surface area contributed by atoms with Gasteiger partial charge in [-0.15, -0.1) is 10.2 Å². The van der Waals surface area contributed by atoms with Crippen molar-refractivity contribution in [3.63, 3.8) is 0 Å². The van der Waals surface area contributed by atoms with Crippen molar-refractivity contribution >= 4 is 69.0 Å². The number of hydrogen-bond donors (Lipinski definition) is 4. The van der Waals surface area contributed by atoms with Crippen LogP contribution in [0, 0.1) is 0 Å². The maximum Gasteiger partial charge on any atom is 0.381 e. The number of nitrogens with zero attached hydrogens (tertiary/aromatic N) is 4. The molecule has 45 heavy (non-hydrogen) atoms. The SMILES string of the molecule is Nc1ccc(N=Nc2ccc(SC3=C(Sc4ccc(N=Nc5ccc(N)cc5N)cc4)C(F)(F)C(F)(F)C3(F)F)cc2)c(N)c1. The van der Waals surface area contributed by atoms with Crippen molar-refractivity contribution in [1.82, 2.24) is 0 Å².